The first kappa shape index (κ1) is 18.2. The maximum absolute atomic E-state index is 6.32. The van der Waals surface area contributed by atoms with Gasteiger partial charge in [-0.3, -0.25) is 0 Å². The molecule has 2 N–H and O–H groups in total. The summed E-state index contributed by atoms with van der Waals surface area (Å²) in [4.78, 5) is 4.44. The first-order chi connectivity index (χ1) is 12.8. The zero-order chi connectivity index (χ0) is 19.0. The van der Waals surface area contributed by atoms with E-state index in [4.69, 9.17) is 5.73 Å². The van der Waals surface area contributed by atoms with Gasteiger partial charge in [0.05, 0.1) is 0 Å². The SMILES string of the molecule is CC1=C(n2cnc(Br)c2)[C@@]2(C)CCC3C(CC=C4C[C@@H](N)CC[C@@]43C)C2C1. The summed E-state index contributed by atoms with van der Waals surface area (Å²) in [6, 6.07) is 0.386. The Hall–Kier alpha value is -0.870. The highest BCUT2D eigenvalue weighted by Crippen LogP contribution is 2.66. The van der Waals surface area contributed by atoms with Crippen molar-refractivity contribution < 1.29 is 0 Å². The Balaban J connectivity index is 1.51. The van der Waals surface area contributed by atoms with Gasteiger partial charge < -0.3 is 10.3 Å². The molecule has 146 valence electrons. The van der Waals surface area contributed by atoms with E-state index in [1.54, 1.807) is 11.1 Å². The quantitative estimate of drug-likeness (QED) is 0.575. The van der Waals surface area contributed by atoms with E-state index in [-0.39, 0.29) is 5.41 Å². The Kier molecular flexibility index (Phi) is 4.08. The topological polar surface area (TPSA) is 43.8 Å². The molecule has 0 spiro atoms. The van der Waals surface area contributed by atoms with Gasteiger partial charge in [0.25, 0.3) is 0 Å². The monoisotopic (exact) mass is 429 g/mol. The largest absolute Gasteiger partial charge is 0.327 e. The number of rotatable bonds is 1. The van der Waals surface area contributed by atoms with Crippen molar-refractivity contribution in [3.05, 3.63) is 34.3 Å². The maximum Gasteiger partial charge on any atom is 0.124 e. The molecule has 3 nitrogen and oxygen atoms in total. The number of imidazole rings is 1. The number of allylic oxidation sites excluding steroid dienone is 3. The van der Waals surface area contributed by atoms with E-state index >= 15 is 0 Å². The minimum absolute atomic E-state index is 0.276. The molecule has 1 heterocycles. The van der Waals surface area contributed by atoms with Crippen molar-refractivity contribution in [2.45, 2.75) is 71.8 Å². The number of hydrogen-bond donors (Lipinski definition) is 1. The Bertz CT molecular complexity index is 836. The van der Waals surface area contributed by atoms with Crippen LogP contribution in [0.1, 0.15) is 65.7 Å². The summed E-state index contributed by atoms with van der Waals surface area (Å²) >= 11 is 3.54. The summed E-state index contributed by atoms with van der Waals surface area (Å²) in [6.45, 7) is 7.45. The molecule has 0 amide bonds. The van der Waals surface area contributed by atoms with Crippen LogP contribution in [0.4, 0.5) is 0 Å². The van der Waals surface area contributed by atoms with Gasteiger partial charge >= 0.3 is 0 Å². The Morgan fingerprint density at radius 1 is 1.15 bits per heavy atom. The maximum atomic E-state index is 6.32. The zero-order valence-electron chi connectivity index (χ0n) is 16.8. The first-order valence-corrected chi connectivity index (χ1v) is 11.5. The molecule has 4 heteroatoms. The molecule has 4 aliphatic carbocycles. The third-order valence-corrected chi connectivity index (χ3v) is 9.22. The van der Waals surface area contributed by atoms with Crippen LogP contribution in [0.5, 0.6) is 0 Å². The van der Waals surface area contributed by atoms with Gasteiger partial charge in [-0.1, -0.05) is 31.1 Å². The molecule has 5 rings (SSSR count). The van der Waals surface area contributed by atoms with E-state index in [9.17, 15) is 0 Å². The minimum Gasteiger partial charge on any atom is -0.327 e. The zero-order valence-corrected chi connectivity index (χ0v) is 18.4. The second-order valence-electron chi connectivity index (χ2n) is 10.2. The van der Waals surface area contributed by atoms with Crippen LogP contribution < -0.4 is 5.73 Å². The van der Waals surface area contributed by atoms with E-state index in [1.807, 2.05) is 6.33 Å². The molecule has 1 aromatic heterocycles. The molecule has 0 aromatic carbocycles. The van der Waals surface area contributed by atoms with Crippen LogP contribution in [-0.2, 0) is 0 Å². The molecule has 6 atom stereocenters. The van der Waals surface area contributed by atoms with Gasteiger partial charge in [0.2, 0.25) is 0 Å². The van der Waals surface area contributed by atoms with Gasteiger partial charge in [0.1, 0.15) is 10.9 Å². The van der Waals surface area contributed by atoms with E-state index in [0.717, 1.165) is 28.8 Å². The highest BCUT2D eigenvalue weighted by Gasteiger charge is 2.57. The van der Waals surface area contributed by atoms with Crippen molar-refractivity contribution in [1.82, 2.24) is 9.55 Å². The number of halogens is 1. The lowest BCUT2D eigenvalue weighted by molar-refractivity contribution is -0.0130. The van der Waals surface area contributed by atoms with Gasteiger partial charge in [-0.15, -0.1) is 0 Å². The van der Waals surface area contributed by atoms with E-state index in [0.29, 0.717) is 11.5 Å². The molecule has 27 heavy (non-hydrogen) atoms. The molecule has 0 aliphatic heterocycles. The van der Waals surface area contributed by atoms with Crippen molar-refractivity contribution in [2.75, 3.05) is 0 Å². The van der Waals surface area contributed by atoms with Crippen LogP contribution in [0.25, 0.3) is 5.70 Å². The smallest absolute Gasteiger partial charge is 0.124 e. The van der Waals surface area contributed by atoms with Gasteiger partial charge in [-0.25, -0.2) is 4.98 Å². The Labute approximate surface area is 171 Å². The predicted molar refractivity (Wildman–Crippen MR) is 114 cm³/mol. The number of nitrogens with two attached hydrogens (primary N) is 1. The predicted octanol–water partition coefficient (Wildman–Crippen LogP) is 5.78. The van der Waals surface area contributed by atoms with E-state index < -0.39 is 0 Å². The van der Waals surface area contributed by atoms with Crippen molar-refractivity contribution in [3.8, 4) is 0 Å². The van der Waals surface area contributed by atoms with Gasteiger partial charge in [-0.2, -0.15) is 0 Å². The number of hydrogen-bond acceptors (Lipinski definition) is 2. The lowest BCUT2D eigenvalue weighted by Crippen LogP contribution is -2.50. The summed E-state index contributed by atoms with van der Waals surface area (Å²) in [6.07, 6.45) is 15.5. The second-order valence-corrected chi connectivity index (χ2v) is 11.0. The normalized spacial score (nSPS) is 43.8. The molecule has 2 fully saturated rings. The Morgan fingerprint density at radius 2 is 1.93 bits per heavy atom. The standard InChI is InChI=1S/C23H32BrN3/c1-14-10-19-17-5-4-15-11-16(25)6-8-22(15,2)18(17)7-9-23(19,3)21(14)27-12-20(24)26-13-27/h4,12-13,16-19H,5-11,25H2,1-3H3/t16-,17?,18?,19?,22-,23-/m0/s1. The molecular weight excluding hydrogens is 398 g/mol. The summed E-state index contributed by atoms with van der Waals surface area (Å²) in [5.41, 5.74) is 11.8. The average molecular weight is 430 g/mol. The average Bonchev–Trinajstić information content (AvgIpc) is 3.14. The van der Waals surface area contributed by atoms with Crippen molar-refractivity contribution in [3.63, 3.8) is 0 Å². The van der Waals surface area contributed by atoms with Crippen molar-refractivity contribution >= 4 is 21.6 Å². The molecular formula is C23H32BrN3. The lowest BCUT2D eigenvalue weighted by Gasteiger charge is -2.57. The van der Waals surface area contributed by atoms with Crippen LogP contribution in [0.3, 0.4) is 0 Å². The number of aromatic nitrogens is 2. The van der Waals surface area contributed by atoms with E-state index in [2.05, 4.69) is 58.5 Å². The molecule has 2 saturated carbocycles. The van der Waals surface area contributed by atoms with Crippen LogP contribution in [-0.4, -0.2) is 15.6 Å². The number of nitrogens with zero attached hydrogens (tertiary/aromatic N) is 2. The minimum atomic E-state index is 0.276. The summed E-state index contributed by atoms with van der Waals surface area (Å²) in [7, 11) is 0. The fraction of sp³-hybridized carbons (Fsp3) is 0.696. The second kappa shape index (κ2) is 6.06. The molecule has 4 aliphatic rings. The first-order valence-electron chi connectivity index (χ1n) is 10.7. The summed E-state index contributed by atoms with van der Waals surface area (Å²) < 4.78 is 3.23. The third-order valence-electron chi connectivity index (χ3n) is 8.81. The van der Waals surface area contributed by atoms with Crippen LogP contribution in [0, 0.1) is 28.6 Å². The third kappa shape index (κ3) is 2.51. The van der Waals surface area contributed by atoms with Crippen LogP contribution >= 0.6 is 15.9 Å². The lowest BCUT2D eigenvalue weighted by atomic mass is 9.47. The summed E-state index contributed by atoms with van der Waals surface area (Å²) in [5, 5.41) is 0. The van der Waals surface area contributed by atoms with Crippen LogP contribution in [0.2, 0.25) is 0 Å². The summed E-state index contributed by atoms with van der Waals surface area (Å²) in [5.74, 6) is 2.41. The fourth-order valence-electron chi connectivity index (χ4n) is 7.53. The van der Waals surface area contributed by atoms with E-state index in [1.165, 1.54) is 44.2 Å². The van der Waals surface area contributed by atoms with Crippen molar-refractivity contribution in [1.29, 1.82) is 0 Å². The fourth-order valence-corrected chi connectivity index (χ4v) is 7.84. The molecule has 0 radical (unpaired) electrons. The molecule has 0 bridgehead atoms. The Morgan fingerprint density at radius 3 is 2.67 bits per heavy atom. The molecule has 1 aromatic rings. The van der Waals surface area contributed by atoms with Crippen molar-refractivity contribution in [2.24, 2.45) is 34.3 Å². The highest BCUT2D eigenvalue weighted by atomic mass is 79.9. The van der Waals surface area contributed by atoms with Gasteiger partial charge in [0, 0.05) is 23.4 Å². The number of fused-ring (bicyclic) bond motifs is 5. The van der Waals surface area contributed by atoms with Gasteiger partial charge in [0.15, 0.2) is 0 Å². The molecule has 3 unspecified atom stereocenters. The van der Waals surface area contributed by atoms with Gasteiger partial charge in [-0.05, 0) is 91.0 Å². The van der Waals surface area contributed by atoms with Crippen LogP contribution in [0.15, 0.2) is 34.3 Å². The molecule has 0 saturated heterocycles. The highest BCUT2D eigenvalue weighted by molar-refractivity contribution is 9.10.